The van der Waals surface area contributed by atoms with Crippen molar-refractivity contribution in [3.05, 3.63) is 63.2 Å². The lowest BCUT2D eigenvalue weighted by molar-refractivity contribution is -0.384. The van der Waals surface area contributed by atoms with Crippen molar-refractivity contribution >= 4 is 38.9 Å². The number of rotatable bonds is 7. The van der Waals surface area contributed by atoms with Gasteiger partial charge in [-0.2, -0.15) is 0 Å². The Hall–Kier alpha value is -2.69. The lowest BCUT2D eigenvalue weighted by Gasteiger charge is -2.30. The molecule has 1 amide bonds. The van der Waals surface area contributed by atoms with Crippen molar-refractivity contribution in [2.75, 3.05) is 25.5 Å². The van der Waals surface area contributed by atoms with Crippen molar-refractivity contribution in [2.45, 2.75) is 18.6 Å². The average Bonchev–Trinajstić information content (AvgIpc) is 2.75. The number of piperidine rings is 1. The predicted octanol–water partition coefficient (Wildman–Crippen LogP) is 3.44. The summed E-state index contributed by atoms with van der Waals surface area (Å²) in [5.41, 5.74) is 0.681. The molecule has 0 radical (unpaired) electrons. The molecule has 0 bridgehead atoms. The van der Waals surface area contributed by atoms with Crippen molar-refractivity contribution in [3.8, 4) is 5.75 Å². The van der Waals surface area contributed by atoms with Crippen LogP contribution in [-0.2, 0) is 20.6 Å². The smallest absolute Gasteiger partial charge is 0.271 e. The Bertz CT molecular complexity index is 1070. The number of carbonyl (C=O) groups excluding carboxylic acids is 1. The van der Waals surface area contributed by atoms with Gasteiger partial charge < -0.3 is 10.1 Å². The third kappa shape index (κ3) is 5.72. The van der Waals surface area contributed by atoms with E-state index >= 15 is 0 Å². The molecule has 166 valence electrons. The van der Waals surface area contributed by atoms with Crippen LogP contribution in [0.3, 0.4) is 0 Å². The summed E-state index contributed by atoms with van der Waals surface area (Å²) in [4.78, 5) is 23.1. The normalized spacial score (nSPS) is 15.4. The van der Waals surface area contributed by atoms with E-state index in [2.05, 4.69) is 5.32 Å². The number of methoxy groups -OCH3 is 1. The van der Waals surface area contributed by atoms with E-state index in [1.54, 1.807) is 24.3 Å². The number of nitro groups is 1. The fourth-order valence-electron chi connectivity index (χ4n) is 3.42. The minimum atomic E-state index is -3.52. The molecule has 0 aromatic heterocycles. The minimum absolute atomic E-state index is 0.133. The highest BCUT2D eigenvalue weighted by atomic mass is 35.5. The highest BCUT2D eigenvalue weighted by Gasteiger charge is 2.31. The van der Waals surface area contributed by atoms with Gasteiger partial charge in [0.15, 0.2) is 0 Å². The van der Waals surface area contributed by atoms with Gasteiger partial charge in [0.05, 0.1) is 23.5 Å². The summed E-state index contributed by atoms with van der Waals surface area (Å²) in [6, 6.07) is 10.6. The maximum absolute atomic E-state index is 12.7. The zero-order valence-corrected chi connectivity index (χ0v) is 18.4. The molecular formula is C20H22ClN3O6S. The van der Waals surface area contributed by atoms with Crippen LogP contribution in [0.15, 0.2) is 42.5 Å². The first-order valence-electron chi connectivity index (χ1n) is 9.55. The predicted molar refractivity (Wildman–Crippen MR) is 117 cm³/mol. The van der Waals surface area contributed by atoms with E-state index in [-0.39, 0.29) is 36.1 Å². The number of nitro benzene ring substituents is 1. The van der Waals surface area contributed by atoms with Gasteiger partial charge >= 0.3 is 0 Å². The number of nitrogens with one attached hydrogen (secondary N) is 1. The molecule has 0 saturated carbocycles. The number of ether oxygens (including phenoxy) is 1. The maximum atomic E-state index is 12.7. The van der Waals surface area contributed by atoms with E-state index in [0.717, 1.165) is 0 Å². The van der Waals surface area contributed by atoms with Crippen molar-refractivity contribution in [3.63, 3.8) is 0 Å². The standard InChI is InChI=1S/C20H22ClN3O6S/c1-30-19-7-6-17(24(26)27)12-18(19)22-20(25)15-8-10-23(11-9-15)31(28,29)13-14-2-4-16(21)5-3-14/h2-7,12,15H,8-11,13H2,1H3,(H,22,25). The Morgan fingerprint density at radius 3 is 2.45 bits per heavy atom. The first-order chi connectivity index (χ1) is 14.7. The number of benzene rings is 2. The van der Waals surface area contributed by atoms with Crippen molar-refractivity contribution < 1.29 is 22.9 Å². The largest absolute Gasteiger partial charge is 0.495 e. The van der Waals surface area contributed by atoms with Crippen LogP contribution >= 0.6 is 11.6 Å². The third-order valence-corrected chi connectivity index (χ3v) is 7.23. The first kappa shape index (κ1) is 23.0. The molecule has 0 aliphatic carbocycles. The molecule has 1 heterocycles. The van der Waals surface area contributed by atoms with Crippen LogP contribution in [0.4, 0.5) is 11.4 Å². The Kier molecular flexibility index (Phi) is 7.14. The molecule has 9 nitrogen and oxygen atoms in total. The van der Waals surface area contributed by atoms with E-state index in [0.29, 0.717) is 29.2 Å². The summed E-state index contributed by atoms with van der Waals surface area (Å²) in [7, 11) is -2.12. The summed E-state index contributed by atoms with van der Waals surface area (Å²) >= 11 is 5.84. The summed E-state index contributed by atoms with van der Waals surface area (Å²) < 4.78 is 32.0. The van der Waals surface area contributed by atoms with Gasteiger partial charge in [0.25, 0.3) is 5.69 Å². The number of hydrogen-bond donors (Lipinski definition) is 1. The first-order valence-corrected chi connectivity index (χ1v) is 11.5. The molecule has 11 heteroatoms. The number of sulfonamides is 1. The molecule has 0 spiro atoms. The lowest BCUT2D eigenvalue weighted by atomic mass is 9.97. The van der Waals surface area contributed by atoms with Crippen LogP contribution in [0.25, 0.3) is 0 Å². The van der Waals surface area contributed by atoms with Gasteiger partial charge in [0.2, 0.25) is 15.9 Å². The number of anilines is 1. The van der Waals surface area contributed by atoms with Gasteiger partial charge in [0, 0.05) is 36.2 Å². The van der Waals surface area contributed by atoms with Crippen LogP contribution in [0.1, 0.15) is 18.4 Å². The van der Waals surface area contributed by atoms with Gasteiger partial charge in [0.1, 0.15) is 5.75 Å². The van der Waals surface area contributed by atoms with Gasteiger partial charge in [-0.3, -0.25) is 14.9 Å². The zero-order valence-electron chi connectivity index (χ0n) is 16.8. The quantitative estimate of drug-likeness (QED) is 0.492. The topological polar surface area (TPSA) is 119 Å². The molecule has 0 unspecified atom stereocenters. The number of nitrogens with zero attached hydrogens (tertiary/aromatic N) is 2. The minimum Gasteiger partial charge on any atom is -0.495 e. The Morgan fingerprint density at radius 2 is 1.87 bits per heavy atom. The third-order valence-electron chi connectivity index (χ3n) is 5.13. The van der Waals surface area contributed by atoms with Crippen molar-refractivity contribution in [2.24, 2.45) is 5.92 Å². The molecule has 1 N–H and O–H groups in total. The van der Waals surface area contributed by atoms with E-state index in [1.165, 1.54) is 29.6 Å². The Balaban J connectivity index is 1.61. The molecule has 1 saturated heterocycles. The number of non-ortho nitro benzene ring substituents is 1. The van der Waals surface area contributed by atoms with E-state index < -0.39 is 20.9 Å². The highest BCUT2D eigenvalue weighted by Crippen LogP contribution is 2.30. The monoisotopic (exact) mass is 467 g/mol. The molecule has 31 heavy (non-hydrogen) atoms. The van der Waals surface area contributed by atoms with Gasteiger partial charge in [-0.05, 0) is 36.6 Å². The number of halogens is 1. The fraction of sp³-hybridized carbons (Fsp3) is 0.350. The summed E-state index contributed by atoms with van der Waals surface area (Å²) in [5.74, 6) is -0.562. The van der Waals surface area contributed by atoms with Gasteiger partial charge in [-0.25, -0.2) is 12.7 Å². The lowest BCUT2D eigenvalue weighted by Crippen LogP contribution is -2.41. The van der Waals surface area contributed by atoms with Crippen LogP contribution in [-0.4, -0.2) is 43.8 Å². The van der Waals surface area contributed by atoms with Crippen molar-refractivity contribution in [1.82, 2.24) is 4.31 Å². The molecule has 3 rings (SSSR count). The van der Waals surface area contributed by atoms with Crippen LogP contribution in [0.5, 0.6) is 5.75 Å². The Labute approximate surface area is 185 Å². The van der Waals surface area contributed by atoms with E-state index in [1.807, 2.05) is 0 Å². The second-order valence-corrected chi connectivity index (χ2v) is 9.59. The SMILES string of the molecule is COc1ccc([N+](=O)[O-])cc1NC(=O)C1CCN(S(=O)(=O)Cc2ccc(Cl)cc2)CC1. The number of hydrogen-bond acceptors (Lipinski definition) is 6. The molecule has 2 aromatic rings. The van der Waals surface area contributed by atoms with Crippen LogP contribution < -0.4 is 10.1 Å². The molecule has 0 atom stereocenters. The summed E-state index contributed by atoms with van der Waals surface area (Å²) in [6.45, 7) is 0.445. The maximum Gasteiger partial charge on any atom is 0.271 e. The molecule has 1 aliphatic rings. The molecule has 1 fully saturated rings. The molecular weight excluding hydrogens is 446 g/mol. The molecule has 1 aliphatic heterocycles. The highest BCUT2D eigenvalue weighted by molar-refractivity contribution is 7.88. The van der Waals surface area contributed by atoms with Gasteiger partial charge in [-0.1, -0.05) is 23.7 Å². The number of amides is 1. The van der Waals surface area contributed by atoms with Crippen molar-refractivity contribution in [1.29, 1.82) is 0 Å². The summed E-state index contributed by atoms with van der Waals surface area (Å²) in [6.07, 6.45) is 0.700. The van der Waals surface area contributed by atoms with Crippen LogP contribution in [0.2, 0.25) is 5.02 Å². The number of carbonyl (C=O) groups is 1. The fourth-order valence-corrected chi connectivity index (χ4v) is 5.11. The zero-order chi connectivity index (χ0) is 22.6. The van der Waals surface area contributed by atoms with E-state index in [9.17, 15) is 23.3 Å². The average molecular weight is 468 g/mol. The van der Waals surface area contributed by atoms with Crippen LogP contribution in [0, 0.1) is 16.0 Å². The molecule has 2 aromatic carbocycles. The van der Waals surface area contributed by atoms with Gasteiger partial charge in [-0.15, -0.1) is 0 Å². The summed E-state index contributed by atoms with van der Waals surface area (Å²) in [5, 5.41) is 14.2. The second-order valence-electron chi connectivity index (χ2n) is 7.19. The Morgan fingerprint density at radius 1 is 1.23 bits per heavy atom. The van der Waals surface area contributed by atoms with E-state index in [4.69, 9.17) is 16.3 Å². The second kappa shape index (κ2) is 9.63.